The van der Waals surface area contributed by atoms with Crippen molar-refractivity contribution in [3.8, 4) is 11.3 Å². The summed E-state index contributed by atoms with van der Waals surface area (Å²) in [5.41, 5.74) is 3.84. The summed E-state index contributed by atoms with van der Waals surface area (Å²) >= 11 is 6.18. The summed E-state index contributed by atoms with van der Waals surface area (Å²) in [6, 6.07) is 7.94. The average Bonchev–Trinajstić information content (AvgIpc) is 3.10. The van der Waals surface area contributed by atoms with Crippen molar-refractivity contribution >= 4 is 17.3 Å². The van der Waals surface area contributed by atoms with Gasteiger partial charge in [-0.1, -0.05) is 22.8 Å². The molecule has 5 nitrogen and oxygen atoms in total. The fourth-order valence-corrected chi connectivity index (χ4v) is 2.40. The Kier molecular flexibility index (Phi) is 3.90. The maximum absolute atomic E-state index is 6.18. The molecule has 0 radical (unpaired) electrons. The van der Waals surface area contributed by atoms with Gasteiger partial charge in [0, 0.05) is 42.6 Å². The van der Waals surface area contributed by atoms with E-state index in [1.807, 2.05) is 51.5 Å². The minimum absolute atomic E-state index is 0.618. The maximum atomic E-state index is 6.18. The second kappa shape index (κ2) is 5.85. The molecular formula is C16H17ClN4O. The Hall–Kier alpha value is -2.27. The summed E-state index contributed by atoms with van der Waals surface area (Å²) in [5.74, 6) is 0.790. The first-order valence-corrected chi connectivity index (χ1v) is 7.32. The summed E-state index contributed by atoms with van der Waals surface area (Å²) in [6.07, 6.45) is 3.68. The van der Waals surface area contributed by atoms with Gasteiger partial charge in [-0.3, -0.25) is 4.68 Å². The van der Waals surface area contributed by atoms with Crippen LogP contribution < -0.4 is 4.90 Å². The second-order valence-electron chi connectivity index (χ2n) is 5.37. The van der Waals surface area contributed by atoms with E-state index in [-0.39, 0.29) is 0 Å². The van der Waals surface area contributed by atoms with Crippen molar-refractivity contribution in [3.05, 3.63) is 53.0 Å². The van der Waals surface area contributed by atoms with Crippen LogP contribution in [0.1, 0.15) is 11.3 Å². The van der Waals surface area contributed by atoms with Crippen LogP contribution in [0, 0.1) is 6.92 Å². The van der Waals surface area contributed by atoms with Crippen molar-refractivity contribution in [2.75, 3.05) is 11.9 Å². The lowest BCUT2D eigenvalue weighted by atomic mass is 10.2. The van der Waals surface area contributed by atoms with Gasteiger partial charge in [-0.25, -0.2) is 0 Å². The molecule has 0 saturated heterocycles. The SMILES string of the molecule is Cc1ccc(N(C)Cc2cc(-c3cnn(C)c3)no2)cc1Cl. The Morgan fingerprint density at radius 3 is 2.82 bits per heavy atom. The van der Waals surface area contributed by atoms with Gasteiger partial charge in [-0.05, 0) is 24.6 Å². The van der Waals surface area contributed by atoms with E-state index in [2.05, 4.69) is 15.2 Å². The summed E-state index contributed by atoms with van der Waals surface area (Å²) < 4.78 is 7.15. The standard InChI is InChI=1S/C16H17ClN4O/c1-11-4-5-13(6-15(11)17)20(2)10-14-7-16(19-22-14)12-8-18-21(3)9-12/h4-9H,10H2,1-3H3. The van der Waals surface area contributed by atoms with E-state index in [0.29, 0.717) is 6.54 Å². The Morgan fingerprint density at radius 2 is 2.14 bits per heavy atom. The molecule has 0 aliphatic heterocycles. The lowest BCUT2D eigenvalue weighted by Crippen LogP contribution is -2.15. The van der Waals surface area contributed by atoms with Gasteiger partial charge < -0.3 is 9.42 Å². The van der Waals surface area contributed by atoms with E-state index in [1.165, 1.54) is 0 Å². The highest BCUT2D eigenvalue weighted by molar-refractivity contribution is 6.31. The number of benzene rings is 1. The molecule has 6 heteroatoms. The molecule has 2 heterocycles. The lowest BCUT2D eigenvalue weighted by Gasteiger charge is -2.18. The molecule has 0 saturated carbocycles. The van der Waals surface area contributed by atoms with Gasteiger partial charge in [0.15, 0.2) is 5.76 Å². The molecule has 114 valence electrons. The Labute approximate surface area is 134 Å². The number of anilines is 1. The number of aromatic nitrogens is 3. The quantitative estimate of drug-likeness (QED) is 0.736. The molecule has 0 amide bonds. The van der Waals surface area contributed by atoms with E-state index >= 15 is 0 Å². The number of halogens is 1. The van der Waals surface area contributed by atoms with E-state index < -0.39 is 0 Å². The van der Waals surface area contributed by atoms with Crippen molar-refractivity contribution < 1.29 is 4.52 Å². The fraction of sp³-hybridized carbons (Fsp3) is 0.250. The Bertz CT molecular complexity index is 793. The summed E-state index contributed by atoms with van der Waals surface area (Å²) in [4.78, 5) is 2.07. The third kappa shape index (κ3) is 2.99. The molecular weight excluding hydrogens is 300 g/mol. The largest absolute Gasteiger partial charge is 0.367 e. The number of hydrogen-bond acceptors (Lipinski definition) is 4. The number of hydrogen-bond donors (Lipinski definition) is 0. The van der Waals surface area contributed by atoms with Crippen molar-refractivity contribution in [3.63, 3.8) is 0 Å². The average molecular weight is 317 g/mol. The van der Waals surface area contributed by atoms with Crippen molar-refractivity contribution in [2.24, 2.45) is 7.05 Å². The van der Waals surface area contributed by atoms with Crippen LogP contribution in [0.4, 0.5) is 5.69 Å². The zero-order valence-electron chi connectivity index (χ0n) is 12.7. The van der Waals surface area contributed by atoms with Crippen molar-refractivity contribution in [1.82, 2.24) is 14.9 Å². The summed E-state index contributed by atoms with van der Waals surface area (Å²) in [6.45, 7) is 2.61. The van der Waals surface area contributed by atoms with Gasteiger partial charge in [0.05, 0.1) is 12.7 Å². The highest BCUT2D eigenvalue weighted by atomic mass is 35.5. The van der Waals surface area contributed by atoms with Crippen molar-refractivity contribution in [2.45, 2.75) is 13.5 Å². The van der Waals surface area contributed by atoms with Crippen LogP contribution in [0.3, 0.4) is 0 Å². The van der Waals surface area contributed by atoms with Crippen molar-refractivity contribution in [1.29, 1.82) is 0 Å². The highest BCUT2D eigenvalue weighted by Crippen LogP contribution is 2.24. The molecule has 0 spiro atoms. The van der Waals surface area contributed by atoms with Crippen LogP contribution in [0.5, 0.6) is 0 Å². The molecule has 0 bridgehead atoms. The number of nitrogens with zero attached hydrogens (tertiary/aromatic N) is 4. The van der Waals surface area contributed by atoms with E-state index in [9.17, 15) is 0 Å². The molecule has 0 aliphatic carbocycles. The monoisotopic (exact) mass is 316 g/mol. The summed E-state index contributed by atoms with van der Waals surface area (Å²) in [5, 5.41) is 9.00. The van der Waals surface area contributed by atoms with Gasteiger partial charge in [-0.2, -0.15) is 5.10 Å². The van der Waals surface area contributed by atoms with E-state index in [1.54, 1.807) is 10.9 Å². The first-order chi connectivity index (χ1) is 10.5. The minimum Gasteiger partial charge on any atom is -0.367 e. The van der Waals surface area contributed by atoms with Gasteiger partial charge in [0.2, 0.25) is 0 Å². The van der Waals surface area contributed by atoms with Gasteiger partial charge >= 0.3 is 0 Å². The molecule has 0 aliphatic rings. The Morgan fingerprint density at radius 1 is 1.32 bits per heavy atom. The fourth-order valence-electron chi connectivity index (χ4n) is 2.22. The first-order valence-electron chi connectivity index (χ1n) is 6.95. The highest BCUT2D eigenvalue weighted by Gasteiger charge is 2.11. The molecule has 0 unspecified atom stereocenters. The Balaban J connectivity index is 1.75. The lowest BCUT2D eigenvalue weighted by molar-refractivity contribution is 0.385. The molecule has 3 aromatic rings. The molecule has 3 rings (SSSR count). The van der Waals surface area contributed by atoms with Gasteiger partial charge in [0.1, 0.15) is 5.69 Å². The molecule has 0 atom stereocenters. The number of aryl methyl sites for hydroxylation is 2. The maximum Gasteiger partial charge on any atom is 0.156 e. The zero-order valence-corrected chi connectivity index (χ0v) is 13.5. The van der Waals surface area contributed by atoms with E-state index in [4.69, 9.17) is 16.1 Å². The predicted octanol–water partition coefficient (Wildman–Crippen LogP) is 3.67. The second-order valence-corrected chi connectivity index (χ2v) is 5.78. The van der Waals surface area contributed by atoms with Gasteiger partial charge in [0.25, 0.3) is 0 Å². The van der Waals surface area contributed by atoms with E-state index in [0.717, 1.165) is 33.3 Å². The normalized spacial score (nSPS) is 10.9. The summed E-state index contributed by atoms with van der Waals surface area (Å²) in [7, 11) is 3.87. The van der Waals surface area contributed by atoms with Crippen LogP contribution in [-0.4, -0.2) is 22.0 Å². The molecule has 1 aromatic carbocycles. The topological polar surface area (TPSA) is 47.1 Å². The van der Waals surface area contributed by atoms with Crippen LogP contribution in [0.25, 0.3) is 11.3 Å². The van der Waals surface area contributed by atoms with Crippen LogP contribution >= 0.6 is 11.6 Å². The third-order valence-electron chi connectivity index (χ3n) is 3.55. The first kappa shape index (κ1) is 14.7. The van der Waals surface area contributed by atoms with Gasteiger partial charge in [-0.15, -0.1) is 0 Å². The molecule has 0 N–H and O–H groups in total. The van der Waals surface area contributed by atoms with Crippen LogP contribution in [0.15, 0.2) is 41.2 Å². The minimum atomic E-state index is 0.618. The smallest absolute Gasteiger partial charge is 0.156 e. The predicted molar refractivity (Wildman–Crippen MR) is 87.0 cm³/mol. The molecule has 0 fully saturated rings. The molecule has 22 heavy (non-hydrogen) atoms. The number of rotatable bonds is 4. The molecule has 2 aromatic heterocycles. The third-order valence-corrected chi connectivity index (χ3v) is 3.96. The van der Waals surface area contributed by atoms with Crippen LogP contribution in [0.2, 0.25) is 5.02 Å². The zero-order chi connectivity index (χ0) is 15.7. The van der Waals surface area contributed by atoms with Crippen LogP contribution in [-0.2, 0) is 13.6 Å².